The summed E-state index contributed by atoms with van der Waals surface area (Å²) in [7, 11) is 0. The Morgan fingerprint density at radius 1 is 1.36 bits per heavy atom. The van der Waals surface area contributed by atoms with Crippen LogP contribution in [0.4, 0.5) is 5.69 Å². The number of fused-ring (bicyclic) bond motifs is 1. The van der Waals surface area contributed by atoms with E-state index in [0.717, 1.165) is 23.5 Å². The van der Waals surface area contributed by atoms with Crippen LogP contribution in [-0.4, -0.2) is 30.7 Å². The number of para-hydroxylation sites is 1. The Kier molecular flexibility index (Phi) is 6.31. The Morgan fingerprint density at radius 3 is 2.91 bits per heavy atom. The third kappa shape index (κ3) is 4.77. The first-order valence-corrected chi connectivity index (χ1v) is 8.85. The lowest BCUT2D eigenvalue weighted by molar-refractivity contribution is -0.121. The number of anilines is 1. The van der Waals surface area contributed by atoms with E-state index < -0.39 is 0 Å². The summed E-state index contributed by atoms with van der Waals surface area (Å²) in [5.74, 6) is 1.29. The fraction of sp³-hybridized carbons (Fsp3) is 0.529. The third-order valence-electron chi connectivity index (χ3n) is 3.64. The normalized spacial score (nSPS) is 14.1. The molecule has 0 aromatic heterocycles. The molecule has 0 radical (unpaired) electrons. The summed E-state index contributed by atoms with van der Waals surface area (Å²) in [5, 5.41) is 2.94. The van der Waals surface area contributed by atoms with Gasteiger partial charge in [-0.1, -0.05) is 26.0 Å². The second-order valence-electron chi connectivity index (χ2n) is 5.94. The summed E-state index contributed by atoms with van der Waals surface area (Å²) in [6.45, 7) is 5.62. The zero-order valence-corrected chi connectivity index (χ0v) is 14.1. The van der Waals surface area contributed by atoms with Gasteiger partial charge < -0.3 is 10.2 Å². The number of carbonyl (C=O) groups excluding carboxylic acids is 2. The molecule has 0 atom stereocenters. The first kappa shape index (κ1) is 16.9. The molecule has 1 aliphatic heterocycles. The molecule has 2 rings (SSSR count). The summed E-state index contributed by atoms with van der Waals surface area (Å²) < 4.78 is 0. The van der Waals surface area contributed by atoms with E-state index in [9.17, 15) is 9.59 Å². The lowest BCUT2D eigenvalue weighted by Crippen LogP contribution is -2.36. The zero-order valence-electron chi connectivity index (χ0n) is 13.3. The van der Waals surface area contributed by atoms with Crippen LogP contribution in [0, 0.1) is 5.92 Å². The van der Waals surface area contributed by atoms with Gasteiger partial charge in [-0.15, -0.1) is 11.8 Å². The Labute approximate surface area is 136 Å². The van der Waals surface area contributed by atoms with Crippen LogP contribution in [0.1, 0.15) is 33.1 Å². The molecule has 22 heavy (non-hydrogen) atoms. The van der Waals surface area contributed by atoms with E-state index in [1.807, 2.05) is 29.2 Å². The highest BCUT2D eigenvalue weighted by Gasteiger charge is 2.23. The van der Waals surface area contributed by atoms with Gasteiger partial charge in [-0.3, -0.25) is 9.59 Å². The van der Waals surface area contributed by atoms with Gasteiger partial charge in [0.25, 0.3) is 0 Å². The molecule has 120 valence electrons. The van der Waals surface area contributed by atoms with Crippen LogP contribution in [0.2, 0.25) is 0 Å². The predicted octanol–water partition coefficient (Wildman–Crippen LogP) is 3.07. The van der Waals surface area contributed by atoms with Crippen LogP contribution in [0.3, 0.4) is 0 Å². The van der Waals surface area contributed by atoms with Crippen molar-refractivity contribution in [3.63, 3.8) is 0 Å². The highest BCUT2D eigenvalue weighted by atomic mass is 32.2. The Morgan fingerprint density at radius 2 is 2.14 bits per heavy atom. The van der Waals surface area contributed by atoms with Gasteiger partial charge in [-0.2, -0.15) is 0 Å². The van der Waals surface area contributed by atoms with Crippen LogP contribution >= 0.6 is 11.8 Å². The minimum Gasteiger partial charge on any atom is -0.356 e. The molecule has 0 unspecified atom stereocenters. The summed E-state index contributed by atoms with van der Waals surface area (Å²) in [4.78, 5) is 26.8. The maximum Gasteiger partial charge on any atom is 0.237 e. The first-order chi connectivity index (χ1) is 10.6. The zero-order chi connectivity index (χ0) is 15.9. The van der Waals surface area contributed by atoms with Gasteiger partial charge in [-0.05, 0) is 30.9 Å². The molecular formula is C17H24N2O2S. The molecule has 0 saturated heterocycles. The largest absolute Gasteiger partial charge is 0.356 e. The second kappa shape index (κ2) is 8.22. The number of thioether (sulfide) groups is 1. The van der Waals surface area contributed by atoms with Crippen molar-refractivity contribution in [3.8, 4) is 0 Å². The highest BCUT2D eigenvalue weighted by molar-refractivity contribution is 8.00. The number of amides is 2. The van der Waals surface area contributed by atoms with Crippen molar-refractivity contribution in [1.29, 1.82) is 0 Å². The lowest BCUT2D eigenvalue weighted by Gasteiger charge is -2.28. The molecular weight excluding hydrogens is 296 g/mol. The van der Waals surface area contributed by atoms with Crippen molar-refractivity contribution in [3.05, 3.63) is 24.3 Å². The van der Waals surface area contributed by atoms with Gasteiger partial charge in [-0.25, -0.2) is 0 Å². The van der Waals surface area contributed by atoms with E-state index in [1.54, 1.807) is 11.8 Å². The maximum absolute atomic E-state index is 12.1. The molecule has 1 aromatic carbocycles. The first-order valence-electron chi connectivity index (χ1n) is 7.87. The topological polar surface area (TPSA) is 49.4 Å². The SMILES string of the molecule is CC(C)CCNC(=O)CCCN1C(=O)CSc2ccccc21. The molecule has 0 spiro atoms. The number of nitrogens with zero attached hydrogens (tertiary/aromatic N) is 1. The monoisotopic (exact) mass is 320 g/mol. The van der Waals surface area contributed by atoms with Gasteiger partial charge in [0.15, 0.2) is 0 Å². The maximum atomic E-state index is 12.1. The molecule has 5 heteroatoms. The standard InChI is InChI=1S/C17H24N2O2S/c1-13(2)9-10-18-16(20)8-5-11-19-14-6-3-4-7-15(14)22-12-17(19)21/h3-4,6-7,13H,5,8-12H2,1-2H3,(H,18,20). The van der Waals surface area contributed by atoms with Gasteiger partial charge in [0.2, 0.25) is 11.8 Å². The predicted molar refractivity (Wildman–Crippen MR) is 91.2 cm³/mol. The van der Waals surface area contributed by atoms with Gasteiger partial charge in [0.05, 0.1) is 11.4 Å². The van der Waals surface area contributed by atoms with E-state index in [0.29, 0.717) is 31.1 Å². The van der Waals surface area contributed by atoms with Crippen molar-refractivity contribution in [2.75, 3.05) is 23.7 Å². The molecule has 0 aliphatic carbocycles. The molecule has 2 amide bonds. The van der Waals surface area contributed by atoms with Crippen molar-refractivity contribution < 1.29 is 9.59 Å². The average molecular weight is 320 g/mol. The van der Waals surface area contributed by atoms with Crippen molar-refractivity contribution >= 4 is 29.3 Å². The van der Waals surface area contributed by atoms with E-state index in [4.69, 9.17) is 0 Å². The minimum atomic E-state index is 0.0766. The lowest BCUT2D eigenvalue weighted by atomic mass is 10.1. The second-order valence-corrected chi connectivity index (χ2v) is 6.95. The fourth-order valence-corrected chi connectivity index (χ4v) is 3.32. The molecule has 1 heterocycles. The average Bonchev–Trinajstić information content (AvgIpc) is 2.49. The van der Waals surface area contributed by atoms with Gasteiger partial charge in [0, 0.05) is 24.4 Å². The van der Waals surface area contributed by atoms with Gasteiger partial charge in [0.1, 0.15) is 0 Å². The van der Waals surface area contributed by atoms with Crippen LogP contribution in [0.5, 0.6) is 0 Å². The number of rotatable bonds is 7. The van der Waals surface area contributed by atoms with Crippen molar-refractivity contribution in [1.82, 2.24) is 5.32 Å². The van der Waals surface area contributed by atoms with Crippen molar-refractivity contribution in [2.24, 2.45) is 5.92 Å². The molecule has 1 N–H and O–H groups in total. The Balaban J connectivity index is 1.79. The highest BCUT2D eigenvalue weighted by Crippen LogP contribution is 2.34. The molecule has 0 bridgehead atoms. The van der Waals surface area contributed by atoms with Crippen LogP contribution in [-0.2, 0) is 9.59 Å². The fourth-order valence-electron chi connectivity index (χ4n) is 2.39. The van der Waals surface area contributed by atoms with Crippen molar-refractivity contribution in [2.45, 2.75) is 38.0 Å². The summed E-state index contributed by atoms with van der Waals surface area (Å²) >= 11 is 1.58. The summed E-state index contributed by atoms with van der Waals surface area (Å²) in [6.07, 6.45) is 2.16. The number of carbonyl (C=O) groups is 2. The van der Waals surface area contributed by atoms with E-state index in [2.05, 4.69) is 19.2 Å². The summed E-state index contributed by atoms with van der Waals surface area (Å²) in [5.41, 5.74) is 0.976. The number of nitrogens with one attached hydrogen (secondary N) is 1. The molecule has 4 nitrogen and oxygen atoms in total. The number of hydrogen-bond donors (Lipinski definition) is 1. The molecule has 0 fully saturated rings. The minimum absolute atomic E-state index is 0.0766. The summed E-state index contributed by atoms with van der Waals surface area (Å²) in [6, 6.07) is 7.95. The Bertz CT molecular complexity index is 531. The van der Waals surface area contributed by atoms with E-state index in [-0.39, 0.29) is 11.8 Å². The van der Waals surface area contributed by atoms with Crippen LogP contribution in [0.15, 0.2) is 29.2 Å². The molecule has 0 saturated carbocycles. The Hall–Kier alpha value is -1.49. The van der Waals surface area contributed by atoms with E-state index >= 15 is 0 Å². The third-order valence-corrected chi connectivity index (χ3v) is 4.69. The van der Waals surface area contributed by atoms with E-state index in [1.165, 1.54) is 0 Å². The smallest absolute Gasteiger partial charge is 0.237 e. The van der Waals surface area contributed by atoms with Crippen LogP contribution in [0.25, 0.3) is 0 Å². The number of hydrogen-bond acceptors (Lipinski definition) is 3. The van der Waals surface area contributed by atoms with Gasteiger partial charge >= 0.3 is 0 Å². The van der Waals surface area contributed by atoms with Crippen LogP contribution < -0.4 is 10.2 Å². The molecule has 1 aromatic rings. The quantitative estimate of drug-likeness (QED) is 0.840. The molecule has 1 aliphatic rings. The number of benzene rings is 1.